The molecule has 0 amide bonds. The van der Waals surface area contributed by atoms with Gasteiger partial charge in [-0.05, 0) is 43.3 Å². The normalized spacial score (nSPS) is 15.6. The van der Waals surface area contributed by atoms with Gasteiger partial charge in [-0.1, -0.05) is 11.6 Å². The van der Waals surface area contributed by atoms with Gasteiger partial charge in [0, 0.05) is 31.8 Å². The Hall–Kier alpha value is -2.54. The first-order valence-corrected chi connectivity index (χ1v) is 12.8. The first-order valence-electron chi connectivity index (χ1n) is 11.2. The summed E-state index contributed by atoms with van der Waals surface area (Å²) in [6.07, 6.45) is -0.594. The summed E-state index contributed by atoms with van der Waals surface area (Å²) in [6, 6.07) is 7.35. The molecule has 36 heavy (non-hydrogen) atoms. The van der Waals surface area contributed by atoms with Crippen LogP contribution in [-0.2, 0) is 27.0 Å². The molecule has 1 atom stereocenters. The lowest BCUT2D eigenvalue weighted by molar-refractivity contribution is 0.0381. The van der Waals surface area contributed by atoms with Crippen molar-refractivity contribution in [2.24, 2.45) is 10.2 Å². The van der Waals surface area contributed by atoms with Crippen molar-refractivity contribution in [1.82, 2.24) is 9.88 Å². The number of hydrogen-bond acceptors (Lipinski definition) is 7. The zero-order valence-corrected chi connectivity index (χ0v) is 21.1. The van der Waals surface area contributed by atoms with Crippen LogP contribution in [-0.4, -0.2) is 78.3 Å². The van der Waals surface area contributed by atoms with Crippen molar-refractivity contribution in [2.75, 3.05) is 49.5 Å². The summed E-state index contributed by atoms with van der Waals surface area (Å²) in [7, 11) is -1.45. The van der Waals surface area contributed by atoms with E-state index in [1.807, 2.05) is 0 Å². The van der Waals surface area contributed by atoms with Crippen molar-refractivity contribution in [3.05, 3.63) is 58.6 Å². The van der Waals surface area contributed by atoms with Gasteiger partial charge in [-0.2, -0.15) is 5.10 Å². The fourth-order valence-electron chi connectivity index (χ4n) is 3.44. The molecule has 0 saturated carbocycles. The number of nitrogens with zero attached hydrogens (tertiary/aromatic N) is 5. The van der Waals surface area contributed by atoms with Crippen LogP contribution < -0.4 is 4.31 Å². The Balaban J connectivity index is 1.73. The highest BCUT2D eigenvalue weighted by atomic mass is 35.5. The molecule has 196 valence electrons. The molecule has 0 bridgehead atoms. The van der Waals surface area contributed by atoms with Gasteiger partial charge in [0.25, 0.3) is 6.43 Å². The van der Waals surface area contributed by atoms with Gasteiger partial charge in [-0.15, -0.1) is 5.10 Å². The van der Waals surface area contributed by atoms with E-state index >= 15 is 0 Å². The molecule has 0 aliphatic carbocycles. The number of anilines is 1. The summed E-state index contributed by atoms with van der Waals surface area (Å²) in [5, 5.41) is 6.89. The Morgan fingerprint density at radius 1 is 1.31 bits per heavy atom. The van der Waals surface area contributed by atoms with Crippen LogP contribution in [0.1, 0.15) is 17.7 Å². The Morgan fingerprint density at radius 3 is 2.72 bits per heavy atom. The number of halogens is 4. The average molecular weight is 546 g/mol. The maximum atomic E-state index is 13.8. The molecule has 0 spiro atoms. The second kappa shape index (κ2) is 14.3. The molecule has 2 aromatic rings. The summed E-state index contributed by atoms with van der Waals surface area (Å²) in [6.45, 7) is 6.35. The zero-order valence-electron chi connectivity index (χ0n) is 19.5. The number of alkyl halides is 2. The zero-order chi connectivity index (χ0) is 25.9. The lowest BCUT2D eigenvalue weighted by Crippen LogP contribution is -2.37. The fourth-order valence-corrected chi connectivity index (χ4v) is 4.83. The number of benzene rings is 1. The van der Waals surface area contributed by atoms with E-state index in [0.717, 1.165) is 19.6 Å². The summed E-state index contributed by atoms with van der Waals surface area (Å²) in [5.41, 5.74) is 1.34. The van der Waals surface area contributed by atoms with Crippen LogP contribution in [0.25, 0.3) is 0 Å². The third-order valence-corrected chi connectivity index (χ3v) is 6.98. The van der Waals surface area contributed by atoms with Crippen LogP contribution >= 0.6 is 11.6 Å². The van der Waals surface area contributed by atoms with Crippen molar-refractivity contribution >= 4 is 40.9 Å². The maximum absolute atomic E-state index is 13.8. The predicted octanol–water partition coefficient (Wildman–Crippen LogP) is 3.91. The number of hydrogen-bond donors (Lipinski definition) is 0. The predicted molar refractivity (Wildman–Crippen MR) is 135 cm³/mol. The minimum atomic E-state index is -2.68. The van der Waals surface area contributed by atoms with E-state index in [2.05, 4.69) is 26.8 Å². The Kier molecular flexibility index (Phi) is 11.1. The molecule has 13 heteroatoms. The van der Waals surface area contributed by atoms with Crippen LogP contribution in [0.5, 0.6) is 0 Å². The van der Waals surface area contributed by atoms with E-state index in [9.17, 15) is 17.4 Å². The second-order valence-electron chi connectivity index (χ2n) is 7.76. The number of rotatable bonds is 12. The summed E-state index contributed by atoms with van der Waals surface area (Å²) in [5.74, 6) is -0.334. The van der Waals surface area contributed by atoms with Crippen molar-refractivity contribution in [2.45, 2.75) is 19.4 Å². The summed E-state index contributed by atoms with van der Waals surface area (Å²) in [4.78, 5) is 6.59. The molecule has 0 N–H and O–H groups in total. The molecule has 2 heterocycles. The van der Waals surface area contributed by atoms with Crippen LogP contribution in [0, 0.1) is 5.82 Å². The van der Waals surface area contributed by atoms with E-state index in [-0.39, 0.29) is 17.5 Å². The molecule has 1 aromatic carbocycles. The molecular weight excluding hydrogens is 519 g/mol. The summed E-state index contributed by atoms with van der Waals surface area (Å²) < 4.78 is 64.0. The van der Waals surface area contributed by atoms with Crippen molar-refractivity contribution < 1.29 is 26.9 Å². The van der Waals surface area contributed by atoms with Gasteiger partial charge in [0.15, 0.2) is 6.61 Å². The number of morpholine rings is 1. The number of ether oxygens (including phenoxy) is 2. The number of pyridine rings is 1. The maximum Gasteiger partial charge on any atom is 0.272 e. The van der Waals surface area contributed by atoms with Crippen LogP contribution in [0.4, 0.5) is 18.9 Å². The highest BCUT2D eigenvalue weighted by Crippen LogP contribution is 2.25. The molecule has 1 saturated heterocycles. The summed E-state index contributed by atoms with van der Waals surface area (Å²) >= 11 is 5.98. The standard InChI is InChI=1S/C23H27ClF3N5O3S/c1-28-30-23(35-16-22(26)27)17-3-4-18(29-14-17)15-32(19-5-6-21(25)20(24)13-19)36(33)12-2-7-31-8-10-34-11-9-31/h3-6,13-14,22H,1-2,7-12,15-16H2/b30-23-. The molecule has 3 rings (SSSR count). The molecule has 1 aliphatic rings. The lowest BCUT2D eigenvalue weighted by atomic mass is 10.2. The minimum absolute atomic E-state index is 0.0833. The second-order valence-corrected chi connectivity index (χ2v) is 9.65. The molecular formula is C23H27ClF3N5O3S. The van der Waals surface area contributed by atoms with Crippen molar-refractivity contribution in [3.63, 3.8) is 0 Å². The van der Waals surface area contributed by atoms with Gasteiger partial charge in [0.1, 0.15) is 16.8 Å². The third kappa shape index (κ3) is 8.54. The van der Waals surface area contributed by atoms with Gasteiger partial charge >= 0.3 is 0 Å². The highest BCUT2D eigenvalue weighted by Gasteiger charge is 2.19. The first kappa shape index (κ1) is 28.0. The van der Waals surface area contributed by atoms with Crippen LogP contribution in [0.3, 0.4) is 0 Å². The van der Waals surface area contributed by atoms with E-state index in [4.69, 9.17) is 21.1 Å². The Morgan fingerprint density at radius 2 is 2.08 bits per heavy atom. The first-order chi connectivity index (χ1) is 17.4. The van der Waals surface area contributed by atoms with E-state index in [0.29, 0.717) is 42.3 Å². The molecule has 1 aromatic heterocycles. The Bertz CT molecular complexity index is 1060. The SMILES string of the molecule is C=N/N=C(\OCC(F)F)c1ccc(CN(c2ccc(F)c(Cl)c2)S(=O)CCCN2CCOCC2)nc1. The highest BCUT2D eigenvalue weighted by molar-refractivity contribution is 7.86. The minimum Gasteiger partial charge on any atom is -0.470 e. The Labute approximate surface area is 215 Å². The third-order valence-electron chi connectivity index (χ3n) is 5.22. The van der Waals surface area contributed by atoms with Crippen LogP contribution in [0.2, 0.25) is 5.02 Å². The van der Waals surface area contributed by atoms with Gasteiger partial charge in [0.05, 0.1) is 41.7 Å². The topological polar surface area (TPSA) is 79.6 Å². The van der Waals surface area contributed by atoms with Crippen LogP contribution in [0.15, 0.2) is 46.7 Å². The van der Waals surface area contributed by atoms with Gasteiger partial charge in [-0.3, -0.25) is 14.2 Å². The quantitative estimate of drug-likeness (QED) is 0.229. The molecule has 8 nitrogen and oxygen atoms in total. The van der Waals surface area contributed by atoms with E-state index in [1.165, 1.54) is 24.4 Å². The van der Waals surface area contributed by atoms with E-state index < -0.39 is 29.8 Å². The van der Waals surface area contributed by atoms with Gasteiger partial charge in [-0.25, -0.2) is 17.4 Å². The fraction of sp³-hybridized carbons (Fsp3) is 0.435. The van der Waals surface area contributed by atoms with Crippen molar-refractivity contribution in [1.29, 1.82) is 0 Å². The number of aromatic nitrogens is 1. The molecule has 1 aliphatic heterocycles. The average Bonchev–Trinajstić information content (AvgIpc) is 2.87. The lowest BCUT2D eigenvalue weighted by Gasteiger charge is -2.27. The molecule has 1 fully saturated rings. The molecule has 1 unspecified atom stereocenters. The largest absolute Gasteiger partial charge is 0.470 e. The van der Waals surface area contributed by atoms with Gasteiger partial charge in [0.2, 0.25) is 5.90 Å². The van der Waals surface area contributed by atoms with E-state index in [1.54, 1.807) is 16.4 Å². The van der Waals surface area contributed by atoms with Gasteiger partial charge < -0.3 is 9.47 Å². The molecule has 0 radical (unpaired) electrons. The smallest absolute Gasteiger partial charge is 0.272 e. The monoisotopic (exact) mass is 545 g/mol. The van der Waals surface area contributed by atoms with Crippen molar-refractivity contribution in [3.8, 4) is 0 Å².